The third kappa shape index (κ3) is 2.65. The molecule has 0 unspecified atom stereocenters. The van der Waals surface area contributed by atoms with Crippen LogP contribution in [0.3, 0.4) is 0 Å². The second kappa shape index (κ2) is 6.70. The van der Waals surface area contributed by atoms with E-state index in [0.717, 1.165) is 27.8 Å². The van der Waals surface area contributed by atoms with E-state index in [9.17, 15) is 0 Å². The molecule has 0 spiro atoms. The highest BCUT2D eigenvalue weighted by Crippen LogP contribution is 2.38. The molecule has 0 amide bonds. The van der Waals surface area contributed by atoms with Crippen LogP contribution in [0.2, 0.25) is 0 Å². The van der Waals surface area contributed by atoms with E-state index in [4.69, 9.17) is 9.97 Å². The van der Waals surface area contributed by atoms with Crippen LogP contribution in [0.5, 0.6) is 0 Å². The quantitative estimate of drug-likeness (QED) is 0.318. The number of pyridine rings is 2. The summed E-state index contributed by atoms with van der Waals surface area (Å²) in [5.74, 6) is 0.850. The number of imidazole rings is 1. The van der Waals surface area contributed by atoms with Crippen LogP contribution in [0.4, 0.5) is 0 Å². The van der Waals surface area contributed by atoms with Gasteiger partial charge in [0.25, 0.3) is 0 Å². The normalized spacial score (nSPS) is 12.1. The molecule has 0 aliphatic carbocycles. The molecule has 0 aliphatic rings. The summed E-state index contributed by atoms with van der Waals surface area (Å²) in [6.07, 6.45) is 3.90. The standard InChI is InChI=1S/C26H25N3/c1-16(2)18-11-7-12-19(17(3)4)24(18)23-15-28-26-21-10-6-5-9-20(21)22-13-8-14-27-25(22)29(23)26/h5-17H,1-4H3. The molecule has 29 heavy (non-hydrogen) atoms. The Morgan fingerprint density at radius 3 is 1.90 bits per heavy atom. The predicted octanol–water partition coefficient (Wildman–Crippen LogP) is 6.95. The largest absolute Gasteiger partial charge is 0.276 e. The molecule has 0 fully saturated rings. The number of benzene rings is 2. The summed E-state index contributed by atoms with van der Waals surface area (Å²) in [7, 11) is 0. The van der Waals surface area contributed by atoms with Gasteiger partial charge in [0.2, 0.25) is 0 Å². The second-order valence-electron chi connectivity index (χ2n) is 8.34. The van der Waals surface area contributed by atoms with Crippen molar-refractivity contribution in [1.82, 2.24) is 14.4 Å². The lowest BCUT2D eigenvalue weighted by Gasteiger charge is -2.20. The van der Waals surface area contributed by atoms with Gasteiger partial charge in [-0.1, -0.05) is 70.2 Å². The number of aromatic nitrogens is 3. The van der Waals surface area contributed by atoms with Gasteiger partial charge in [-0.05, 0) is 40.5 Å². The molecular formula is C26H25N3. The zero-order valence-electron chi connectivity index (χ0n) is 17.3. The van der Waals surface area contributed by atoms with Crippen LogP contribution in [0.25, 0.3) is 38.7 Å². The van der Waals surface area contributed by atoms with E-state index in [1.165, 1.54) is 22.1 Å². The molecule has 0 radical (unpaired) electrons. The first kappa shape index (κ1) is 17.9. The van der Waals surface area contributed by atoms with Crippen LogP contribution in [-0.4, -0.2) is 14.4 Å². The van der Waals surface area contributed by atoms with Crippen molar-refractivity contribution in [1.29, 1.82) is 0 Å². The Labute approximate surface area is 171 Å². The topological polar surface area (TPSA) is 30.2 Å². The van der Waals surface area contributed by atoms with Crippen LogP contribution >= 0.6 is 0 Å². The Morgan fingerprint density at radius 1 is 0.655 bits per heavy atom. The minimum atomic E-state index is 0.425. The van der Waals surface area contributed by atoms with Crippen LogP contribution in [0, 0.1) is 0 Å². The fraction of sp³-hybridized carbons (Fsp3) is 0.231. The molecule has 0 N–H and O–H groups in total. The van der Waals surface area contributed by atoms with E-state index in [2.05, 4.69) is 80.6 Å². The van der Waals surface area contributed by atoms with E-state index in [0.29, 0.717) is 11.8 Å². The zero-order chi connectivity index (χ0) is 20.1. The summed E-state index contributed by atoms with van der Waals surface area (Å²) < 4.78 is 2.25. The average Bonchev–Trinajstić information content (AvgIpc) is 3.18. The van der Waals surface area contributed by atoms with Crippen molar-refractivity contribution < 1.29 is 0 Å². The molecule has 0 bridgehead atoms. The van der Waals surface area contributed by atoms with Crippen LogP contribution in [0.15, 0.2) is 67.0 Å². The Kier molecular flexibility index (Phi) is 4.13. The van der Waals surface area contributed by atoms with Gasteiger partial charge in [0.1, 0.15) is 11.3 Å². The molecule has 3 heterocycles. The van der Waals surface area contributed by atoms with Crippen LogP contribution < -0.4 is 0 Å². The van der Waals surface area contributed by atoms with Crippen LogP contribution in [0.1, 0.15) is 50.7 Å². The first-order chi connectivity index (χ1) is 14.1. The number of hydrogen-bond acceptors (Lipinski definition) is 2. The van der Waals surface area contributed by atoms with Crippen molar-refractivity contribution in [3.05, 3.63) is 78.1 Å². The van der Waals surface area contributed by atoms with E-state index >= 15 is 0 Å². The first-order valence-corrected chi connectivity index (χ1v) is 10.3. The SMILES string of the molecule is CC(C)c1cccc(C(C)C)c1-c1cnc2c3ccccc3c3cccnc3n12. The van der Waals surface area contributed by atoms with Gasteiger partial charge in [-0.3, -0.25) is 4.40 Å². The highest BCUT2D eigenvalue weighted by molar-refractivity contribution is 6.11. The number of rotatable bonds is 3. The molecule has 3 aromatic heterocycles. The molecule has 0 saturated carbocycles. The molecule has 3 heteroatoms. The summed E-state index contributed by atoms with van der Waals surface area (Å²) in [4.78, 5) is 9.69. The molecule has 3 nitrogen and oxygen atoms in total. The average molecular weight is 380 g/mol. The van der Waals surface area contributed by atoms with Gasteiger partial charge in [-0.15, -0.1) is 0 Å². The maximum absolute atomic E-state index is 4.90. The molecule has 0 saturated heterocycles. The van der Waals surface area contributed by atoms with E-state index < -0.39 is 0 Å². The summed E-state index contributed by atoms with van der Waals surface area (Å²) in [6.45, 7) is 9.05. The van der Waals surface area contributed by atoms with Crippen molar-refractivity contribution in [3.8, 4) is 11.3 Å². The monoisotopic (exact) mass is 379 g/mol. The smallest absolute Gasteiger partial charge is 0.146 e. The number of nitrogens with zero attached hydrogens (tertiary/aromatic N) is 3. The zero-order valence-corrected chi connectivity index (χ0v) is 17.3. The molecule has 5 aromatic rings. The minimum absolute atomic E-state index is 0.425. The van der Waals surface area contributed by atoms with Gasteiger partial charge in [0, 0.05) is 22.5 Å². The predicted molar refractivity (Wildman–Crippen MR) is 122 cm³/mol. The second-order valence-corrected chi connectivity index (χ2v) is 8.34. The lowest BCUT2D eigenvalue weighted by Crippen LogP contribution is -2.03. The van der Waals surface area contributed by atoms with E-state index in [1.54, 1.807) is 0 Å². The van der Waals surface area contributed by atoms with Gasteiger partial charge in [-0.2, -0.15) is 0 Å². The van der Waals surface area contributed by atoms with Crippen LogP contribution in [-0.2, 0) is 0 Å². The Balaban J connectivity index is 2.00. The Hall–Kier alpha value is -3.20. The highest BCUT2D eigenvalue weighted by atomic mass is 15.1. The molecular weight excluding hydrogens is 354 g/mol. The maximum Gasteiger partial charge on any atom is 0.146 e. The van der Waals surface area contributed by atoms with Gasteiger partial charge in [0.05, 0.1) is 11.9 Å². The summed E-state index contributed by atoms with van der Waals surface area (Å²) in [5.41, 5.74) is 7.07. The number of hydrogen-bond donors (Lipinski definition) is 0. The van der Waals surface area contributed by atoms with Crippen molar-refractivity contribution >= 4 is 27.5 Å². The molecule has 144 valence electrons. The number of fused-ring (bicyclic) bond motifs is 6. The summed E-state index contributed by atoms with van der Waals surface area (Å²) in [6, 6.07) is 19.3. The molecule has 0 aliphatic heterocycles. The van der Waals surface area contributed by atoms with E-state index in [-0.39, 0.29) is 0 Å². The lowest BCUT2D eigenvalue weighted by atomic mass is 9.87. The molecule has 5 rings (SSSR count). The van der Waals surface area contributed by atoms with E-state index in [1.807, 2.05) is 18.5 Å². The fourth-order valence-corrected chi connectivity index (χ4v) is 4.48. The molecule has 0 atom stereocenters. The Morgan fingerprint density at radius 2 is 1.24 bits per heavy atom. The van der Waals surface area contributed by atoms with Crippen molar-refractivity contribution in [2.24, 2.45) is 0 Å². The lowest BCUT2D eigenvalue weighted by molar-refractivity contribution is 0.836. The van der Waals surface area contributed by atoms with Crippen molar-refractivity contribution in [2.45, 2.75) is 39.5 Å². The summed E-state index contributed by atoms with van der Waals surface area (Å²) in [5, 5.41) is 3.51. The third-order valence-corrected chi connectivity index (χ3v) is 5.85. The maximum atomic E-state index is 4.90. The minimum Gasteiger partial charge on any atom is -0.276 e. The first-order valence-electron chi connectivity index (χ1n) is 10.3. The van der Waals surface area contributed by atoms with Gasteiger partial charge in [-0.25, -0.2) is 9.97 Å². The van der Waals surface area contributed by atoms with Gasteiger partial charge >= 0.3 is 0 Å². The molecule has 2 aromatic carbocycles. The fourth-order valence-electron chi connectivity index (χ4n) is 4.48. The van der Waals surface area contributed by atoms with Gasteiger partial charge < -0.3 is 0 Å². The summed E-state index contributed by atoms with van der Waals surface area (Å²) >= 11 is 0. The van der Waals surface area contributed by atoms with Crippen molar-refractivity contribution in [2.75, 3.05) is 0 Å². The highest BCUT2D eigenvalue weighted by Gasteiger charge is 2.21. The third-order valence-electron chi connectivity index (χ3n) is 5.85. The van der Waals surface area contributed by atoms with Crippen molar-refractivity contribution in [3.63, 3.8) is 0 Å². The Bertz CT molecular complexity index is 1330. The van der Waals surface area contributed by atoms with Gasteiger partial charge in [0.15, 0.2) is 0 Å².